The molecule has 1 aliphatic carbocycles. The molecule has 1 aromatic heterocycles. The van der Waals surface area contributed by atoms with Crippen molar-refractivity contribution in [2.45, 2.75) is 58.0 Å². The van der Waals surface area contributed by atoms with Crippen molar-refractivity contribution in [2.24, 2.45) is 5.41 Å². The van der Waals surface area contributed by atoms with Gasteiger partial charge in [-0.05, 0) is 43.2 Å². The number of hydrogen-bond acceptors (Lipinski definition) is 2. The number of nitrogens with zero attached hydrogens (tertiary/aromatic N) is 1. The van der Waals surface area contributed by atoms with E-state index in [1.807, 2.05) is 18.2 Å². The Kier molecular flexibility index (Phi) is 3.53. The molecule has 1 fully saturated rings. The summed E-state index contributed by atoms with van der Waals surface area (Å²) in [7, 11) is 0. The quantitative estimate of drug-likeness (QED) is 0.795. The second-order valence-corrected chi connectivity index (χ2v) is 6.24. The Balaban J connectivity index is 2.04. The van der Waals surface area contributed by atoms with E-state index in [4.69, 9.17) is 0 Å². The molecule has 0 aliphatic heterocycles. The highest BCUT2D eigenvalue weighted by molar-refractivity contribution is 5.07. The highest BCUT2D eigenvalue weighted by Gasteiger charge is 2.34. The summed E-state index contributed by atoms with van der Waals surface area (Å²) in [5.41, 5.74) is 0.853. The first kappa shape index (κ1) is 12.6. The van der Waals surface area contributed by atoms with Crippen molar-refractivity contribution in [2.75, 3.05) is 0 Å². The van der Waals surface area contributed by atoms with E-state index in [-0.39, 0.29) is 0 Å². The van der Waals surface area contributed by atoms with Crippen molar-refractivity contribution in [3.63, 3.8) is 0 Å². The molecule has 1 N–H and O–H groups in total. The van der Waals surface area contributed by atoms with Crippen LogP contribution in [0.4, 0.5) is 0 Å². The van der Waals surface area contributed by atoms with Crippen LogP contribution in [0, 0.1) is 5.41 Å². The molecule has 2 heteroatoms. The third-order valence-electron chi connectivity index (χ3n) is 4.00. The van der Waals surface area contributed by atoms with Crippen molar-refractivity contribution >= 4 is 0 Å². The lowest BCUT2D eigenvalue weighted by Gasteiger charge is -2.27. The molecule has 0 spiro atoms. The minimum Gasteiger partial charge on any atom is -0.389 e. The maximum atomic E-state index is 10.7. The van der Waals surface area contributed by atoms with E-state index in [1.54, 1.807) is 6.20 Å². The van der Waals surface area contributed by atoms with Crippen LogP contribution in [0.2, 0.25) is 0 Å². The van der Waals surface area contributed by atoms with Crippen LogP contribution in [0.25, 0.3) is 0 Å². The molecular weight excluding hydrogens is 210 g/mol. The first-order valence-corrected chi connectivity index (χ1v) is 6.62. The predicted octanol–water partition coefficient (Wildman–Crippen LogP) is 3.35. The smallest absolute Gasteiger partial charge is 0.0703 e. The van der Waals surface area contributed by atoms with Gasteiger partial charge in [0.2, 0.25) is 0 Å². The molecule has 94 valence electrons. The standard InChI is InChI=1S/C15H23NO/c1-14(2)7-5-8-15(17,10-9-14)12-13-6-3-4-11-16-13/h3-4,6,11,17H,5,7-10,12H2,1-2H3. The second-order valence-electron chi connectivity index (χ2n) is 6.24. The van der Waals surface area contributed by atoms with Crippen LogP contribution < -0.4 is 0 Å². The summed E-state index contributed by atoms with van der Waals surface area (Å²) in [6.45, 7) is 4.61. The second kappa shape index (κ2) is 4.77. The van der Waals surface area contributed by atoms with Crippen molar-refractivity contribution in [3.05, 3.63) is 30.1 Å². The van der Waals surface area contributed by atoms with Crippen molar-refractivity contribution in [1.29, 1.82) is 0 Å². The van der Waals surface area contributed by atoms with E-state index < -0.39 is 5.60 Å². The molecule has 1 aliphatic rings. The molecule has 1 saturated carbocycles. The average molecular weight is 233 g/mol. The summed E-state index contributed by atoms with van der Waals surface area (Å²) in [6, 6.07) is 5.92. The largest absolute Gasteiger partial charge is 0.389 e. The van der Waals surface area contributed by atoms with Crippen LogP contribution in [0.15, 0.2) is 24.4 Å². The lowest BCUT2D eigenvalue weighted by atomic mass is 9.83. The minimum absolute atomic E-state index is 0.384. The normalized spacial score (nSPS) is 28.6. The van der Waals surface area contributed by atoms with E-state index in [0.717, 1.165) is 31.4 Å². The molecule has 2 nitrogen and oxygen atoms in total. The summed E-state index contributed by atoms with van der Waals surface area (Å²) >= 11 is 0. The van der Waals surface area contributed by atoms with Crippen LogP contribution in [-0.2, 0) is 6.42 Å². The highest BCUT2D eigenvalue weighted by Crippen LogP contribution is 2.39. The summed E-state index contributed by atoms with van der Waals surface area (Å²) < 4.78 is 0. The van der Waals surface area contributed by atoms with Crippen LogP contribution in [0.1, 0.15) is 51.6 Å². The molecule has 2 rings (SSSR count). The monoisotopic (exact) mass is 233 g/mol. The molecule has 1 heterocycles. The van der Waals surface area contributed by atoms with Gasteiger partial charge >= 0.3 is 0 Å². The fraction of sp³-hybridized carbons (Fsp3) is 0.667. The van der Waals surface area contributed by atoms with Crippen molar-refractivity contribution < 1.29 is 5.11 Å². The number of hydrogen-bond donors (Lipinski definition) is 1. The zero-order chi connectivity index (χ0) is 12.4. The Morgan fingerprint density at radius 1 is 1.18 bits per heavy atom. The van der Waals surface area contributed by atoms with E-state index in [2.05, 4.69) is 18.8 Å². The molecule has 1 atom stereocenters. The summed E-state index contributed by atoms with van der Waals surface area (Å²) in [5.74, 6) is 0. The zero-order valence-electron chi connectivity index (χ0n) is 10.9. The number of aliphatic hydroxyl groups is 1. The Hall–Kier alpha value is -0.890. The number of aromatic nitrogens is 1. The van der Waals surface area contributed by atoms with Gasteiger partial charge in [0.15, 0.2) is 0 Å². The van der Waals surface area contributed by atoms with E-state index >= 15 is 0 Å². The third-order valence-corrected chi connectivity index (χ3v) is 4.00. The van der Waals surface area contributed by atoms with Gasteiger partial charge in [0.05, 0.1) is 5.60 Å². The van der Waals surface area contributed by atoms with Gasteiger partial charge in [0, 0.05) is 18.3 Å². The van der Waals surface area contributed by atoms with E-state index in [0.29, 0.717) is 11.8 Å². The summed E-state index contributed by atoms with van der Waals surface area (Å²) in [5, 5.41) is 10.7. The first-order valence-electron chi connectivity index (χ1n) is 6.62. The Labute approximate surface area is 104 Å². The fourth-order valence-electron chi connectivity index (χ4n) is 2.73. The van der Waals surface area contributed by atoms with Crippen LogP contribution in [-0.4, -0.2) is 15.7 Å². The molecule has 0 radical (unpaired) electrons. The van der Waals surface area contributed by atoms with E-state index in [1.165, 1.54) is 6.42 Å². The molecule has 0 saturated heterocycles. The molecule has 0 aromatic carbocycles. The minimum atomic E-state index is -0.540. The summed E-state index contributed by atoms with van der Waals surface area (Å²) in [4.78, 5) is 4.33. The molecule has 17 heavy (non-hydrogen) atoms. The first-order chi connectivity index (χ1) is 7.99. The van der Waals surface area contributed by atoms with Gasteiger partial charge in [-0.15, -0.1) is 0 Å². The SMILES string of the molecule is CC1(C)CCCC(O)(Cc2ccccn2)CC1. The van der Waals surface area contributed by atoms with Gasteiger partial charge in [-0.25, -0.2) is 0 Å². The molecule has 0 amide bonds. The van der Waals surface area contributed by atoms with Crippen LogP contribution in [0.5, 0.6) is 0 Å². The average Bonchev–Trinajstić information content (AvgIpc) is 2.40. The number of pyridine rings is 1. The van der Waals surface area contributed by atoms with Gasteiger partial charge in [0.1, 0.15) is 0 Å². The Morgan fingerprint density at radius 2 is 2.00 bits per heavy atom. The molecular formula is C15H23NO. The third kappa shape index (κ3) is 3.53. The number of rotatable bonds is 2. The predicted molar refractivity (Wildman–Crippen MR) is 69.8 cm³/mol. The van der Waals surface area contributed by atoms with E-state index in [9.17, 15) is 5.11 Å². The van der Waals surface area contributed by atoms with Gasteiger partial charge in [-0.3, -0.25) is 4.98 Å². The fourth-order valence-corrected chi connectivity index (χ4v) is 2.73. The maximum absolute atomic E-state index is 10.7. The molecule has 1 unspecified atom stereocenters. The molecule has 1 aromatic rings. The highest BCUT2D eigenvalue weighted by atomic mass is 16.3. The zero-order valence-corrected chi connectivity index (χ0v) is 10.9. The van der Waals surface area contributed by atoms with Gasteiger partial charge < -0.3 is 5.11 Å². The van der Waals surface area contributed by atoms with Crippen molar-refractivity contribution in [3.8, 4) is 0 Å². The van der Waals surface area contributed by atoms with Crippen molar-refractivity contribution in [1.82, 2.24) is 4.98 Å². The van der Waals surface area contributed by atoms with Gasteiger partial charge in [0.25, 0.3) is 0 Å². The lowest BCUT2D eigenvalue weighted by Crippen LogP contribution is -2.31. The van der Waals surface area contributed by atoms with Crippen LogP contribution in [0.3, 0.4) is 0 Å². The lowest BCUT2D eigenvalue weighted by molar-refractivity contribution is 0.0217. The maximum Gasteiger partial charge on any atom is 0.0703 e. The van der Waals surface area contributed by atoms with Gasteiger partial charge in [-0.1, -0.05) is 26.3 Å². The van der Waals surface area contributed by atoms with Gasteiger partial charge in [-0.2, -0.15) is 0 Å². The van der Waals surface area contributed by atoms with Crippen LogP contribution >= 0.6 is 0 Å². The Morgan fingerprint density at radius 3 is 2.71 bits per heavy atom. The topological polar surface area (TPSA) is 33.1 Å². The summed E-state index contributed by atoms with van der Waals surface area (Å²) in [6.07, 6.45) is 7.76. The Bertz CT molecular complexity index is 360. The molecule has 0 bridgehead atoms.